The number of carbonyl (C=O) groups excluding carboxylic acids is 1. The van der Waals surface area contributed by atoms with E-state index < -0.39 is 0 Å². The fraction of sp³-hybridized carbons (Fsp3) is 0.636. The van der Waals surface area contributed by atoms with E-state index in [1.807, 2.05) is 24.1 Å². The van der Waals surface area contributed by atoms with Crippen molar-refractivity contribution in [1.29, 1.82) is 0 Å². The lowest BCUT2D eigenvalue weighted by Gasteiger charge is -2.19. The minimum Gasteiger partial charge on any atom is -0.298 e. The van der Waals surface area contributed by atoms with Gasteiger partial charge in [0.05, 0.1) is 22.4 Å². The minimum atomic E-state index is 0.237. The summed E-state index contributed by atoms with van der Waals surface area (Å²) in [5.74, 6) is 1.51. The number of rotatable bonds is 3. The largest absolute Gasteiger partial charge is 0.298 e. The average Bonchev–Trinajstić information content (AvgIpc) is 2.65. The molecule has 1 aliphatic rings. The summed E-state index contributed by atoms with van der Waals surface area (Å²) in [6.07, 6.45) is 4.07. The van der Waals surface area contributed by atoms with E-state index in [2.05, 4.69) is 4.98 Å². The fourth-order valence-corrected chi connectivity index (χ4v) is 3.65. The third kappa shape index (κ3) is 3.05. The van der Waals surface area contributed by atoms with Gasteiger partial charge in [0, 0.05) is 5.38 Å². The molecule has 82 valence electrons. The SMILES string of the molecule is Cc1nc(CC(=O)C2CCCCS2)cs1. The lowest BCUT2D eigenvalue weighted by Crippen LogP contribution is -2.22. The number of nitrogens with zero attached hydrogens (tertiary/aromatic N) is 1. The van der Waals surface area contributed by atoms with Crippen molar-refractivity contribution in [2.45, 2.75) is 37.9 Å². The Hall–Kier alpha value is -0.350. The Morgan fingerprint density at radius 2 is 2.47 bits per heavy atom. The molecule has 0 radical (unpaired) electrons. The van der Waals surface area contributed by atoms with Gasteiger partial charge in [-0.2, -0.15) is 11.8 Å². The topological polar surface area (TPSA) is 30.0 Å². The first kappa shape index (κ1) is 11.1. The van der Waals surface area contributed by atoms with Crippen molar-refractivity contribution in [3.8, 4) is 0 Å². The Morgan fingerprint density at radius 3 is 3.07 bits per heavy atom. The van der Waals surface area contributed by atoms with E-state index in [9.17, 15) is 4.79 Å². The van der Waals surface area contributed by atoms with Crippen molar-refractivity contribution in [2.75, 3.05) is 5.75 Å². The van der Waals surface area contributed by atoms with Crippen LogP contribution in [-0.2, 0) is 11.2 Å². The van der Waals surface area contributed by atoms with Crippen LogP contribution in [0.25, 0.3) is 0 Å². The molecule has 1 unspecified atom stereocenters. The van der Waals surface area contributed by atoms with E-state index in [1.165, 1.54) is 12.8 Å². The number of carbonyl (C=O) groups is 1. The predicted molar refractivity (Wildman–Crippen MR) is 65.7 cm³/mol. The first-order chi connectivity index (χ1) is 7.25. The highest BCUT2D eigenvalue weighted by molar-refractivity contribution is 8.00. The lowest BCUT2D eigenvalue weighted by atomic mass is 10.1. The van der Waals surface area contributed by atoms with Crippen molar-refractivity contribution in [1.82, 2.24) is 4.98 Å². The standard InChI is InChI=1S/C11H15NOS2/c1-8-12-9(7-15-8)6-10(13)11-4-2-3-5-14-11/h7,11H,2-6H2,1H3. The molecule has 0 aromatic carbocycles. The molecule has 1 aliphatic heterocycles. The van der Waals surface area contributed by atoms with Crippen molar-refractivity contribution in [3.63, 3.8) is 0 Å². The number of thiazole rings is 1. The van der Waals surface area contributed by atoms with Crippen LogP contribution >= 0.6 is 23.1 Å². The third-order valence-corrected chi connectivity index (χ3v) is 4.81. The summed E-state index contributed by atoms with van der Waals surface area (Å²) in [7, 11) is 0. The van der Waals surface area contributed by atoms with E-state index in [4.69, 9.17) is 0 Å². The summed E-state index contributed by atoms with van der Waals surface area (Å²) in [5, 5.41) is 3.29. The second-order valence-corrected chi connectivity index (χ2v) is 6.23. The zero-order valence-corrected chi connectivity index (χ0v) is 10.5. The monoisotopic (exact) mass is 241 g/mol. The molecule has 0 aliphatic carbocycles. The van der Waals surface area contributed by atoms with Gasteiger partial charge in [-0.25, -0.2) is 4.98 Å². The Morgan fingerprint density at radius 1 is 1.60 bits per heavy atom. The molecular formula is C11H15NOS2. The smallest absolute Gasteiger partial charge is 0.151 e. The highest BCUT2D eigenvalue weighted by Gasteiger charge is 2.22. The van der Waals surface area contributed by atoms with Crippen molar-refractivity contribution in [2.24, 2.45) is 0 Å². The molecule has 1 saturated heterocycles. The second-order valence-electron chi connectivity index (χ2n) is 3.86. The van der Waals surface area contributed by atoms with Crippen LogP contribution in [0, 0.1) is 6.92 Å². The highest BCUT2D eigenvalue weighted by Crippen LogP contribution is 2.26. The summed E-state index contributed by atoms with van der Waals surface area (Å²) in [6, 6.07) is 0. The molecule has 0 amide bonds. The van der Waals surface area contributed by atoms with Crippen LogP contribution in [0.4, 0.5) is 0 Å². The van der Waals surface area contributed by atoms with Gasteiger partial charge in [-0.3, -0.25) is 4.79 Å². The van der Waals surface area contributed by atoms with Crippen molar-refractivity contribution in [3.05, 3.63) is 16.1 Å². The summed E-state index contributed by atoms with van der Waals surface area (Å²) in [5.41, 5.74) is 0.952. The molecule has 1 atom stereocenters. The Balaban J connectivity index is 1.91. The molecule has 2 rings (SSSR count). The maximum atomic E-state index is 11.9. The molecule has 1 aromatic rings. The van der Waals surface area contributed by atoms with Gasteiger partial charge in [-0.1, -0.05) is 6.42 Å². The van der Waals surface area contributed by atoms with E-state index in [0.29, 0.717) is 12.2 Å². The van der Waals surface area contributed by atoms with Crippen molar-refractivity contribution >= 4 is 28.9 Å². The fourth-order valence-electron chi connectivity index (χ4n) is 1.78. The Labute approximate surface area is 98.5 Å². The molecule has 0 bridgehead atoms. The third-order valence-electron chi connectivity index (χ3n) is 2.56. The van der Waals surface area contributed by atoms with Gasteiger partial charge in [-0.05, 0) is 25.5 Å². The van der Waals surface area contributed by atoms with Crippen LogP contribution in [0.1, 0.15) is 30.0 Å². The first-order valence-electron chi connectivity index (χ1n) is 5.31. The van der Waals surface area contributed by atoms with Crippen molar-refractivity contribution < 1.29 is 4.79 Å². The van der Waals surface area contributed by atoms with Crippen LogP contribution in [0.5, 0.6) is 0 Å². The predicted octanol–water partition coefficient (Wildman–Crippen LogP) is 2.85. The maximum absolute atomic E-state index is 11.9. The van der Waals surface area contributed by atoms with Crippen LogP contribution in [0.3, 0.4) is 0 Å². The normalized spacial score (nSPS) is 21.5. The molecule has 2 nitrogen and oxygen atoms in total. The molecule has 2 heterocycles. The molecule has 0 N–H and O–H groups in total. The number of ketones is 1. The maximum Gasteiger partial charge on any atom is 0.151 e. The number of hydrogen-bond acceptors (Lipinski definition) is 4. The quantitative estimate of drug-likeness (QED) is 0.815. The van der Waals surface area contributed by atoms with Gasteiger partial charge >= 0.3 is 0 Å². The van der Waals surface area contributed by atoms with E-state index >= 15 is 0 Å². The number of aromatic nitrogens is 1. The van der Waals surface area contributed by atoms with Crippen LogP contribution in [0.2, 0.25) is 0 Å². The molecule has 0 saturated carbocycles. The zero-order chi connectivity index (χ0) is 10.7. The van der Waals surface area contributed by atoms with Crippen LogP contribution < -0.4 is 0 Å². The summed E-state index contributed by atoms with van der Waals surface area (Å²) < 4.78 is 0. The Bertz CT molecular complexity index is 342. The molecular weight excluding hydrogens is 226 g/mol. The second kappa shape index (κ2) is 5.12. The number of thioether (sulfide) groups is 1. The number of aryl methyl sites for hydroxylation is 1. The van der Waals surface area contributed by atoms with E-state index in [-0.39, 0.29) is 5.25 Å². The summed E-state index contributed by atoms with van der Waals surface area (Å²) >= 11 is 3.45. The average molecular weight is 241 g/mol. The highest BCUT2D eigenvalue weighted by atomic mass is 32.2. The first-order valence-corrected chi connectivity index (χ1v) is 7.24. The molecule has 4 heteroatoms. The van der Waals surface area contributed by atoms with Crippen LogP contribution in [0.15, 0.2) is 5.38 Å². The van der Waals surface area contributed by atoms with Gasteiger partial charge in [0.25, 0.3) is 0 Å². The van der Waals surface area contributed by atoms with E-state index in [1.54, 1.807) is 11.3 Å². The summed E-state index contributed by atoms with van der Waals surface area (Å²) in [4.78, 5) is 16.3. The van der Waals surface area contributed by atoms with E-state index in [0.717, 1.165) is 22.9 Å². The minimum absolute atomic E-state index is 0.237. The number of Topliss-reactive ketones (excluding diaryl/α,β-unsaturated/α-hetero) is 1. The molecule has 1 aromatic heterocycles. The van der Waals surface area contributed by atoms with Gasteiger partial charge in [0.1, 0.15) is 0 Å². The number of hydrogen-bond donors (Lipinski definition) is 0. The zero-order valence-electron chi connectivity index (χ0n) is 8.86. The molecule has 1 fully saturated rings. The molecule has 0 spiro atoms. The lowest BCUT2D eigenvalue weighted by molar-refractivity contribution is -0.118. The van der Waals surface area contributed by atoms with Crippen LogP contribution in [-0.4, -0.2) is 21.8 Å². The molecule has 15 heavy (non-hydrogen) atoms. The van der Waals surface area contributed by atoms with Gasteiger partial charge in [-0.15, -0.1) is 11.3 Å². The van der Waals surface area contributed by atoms with Gasteiger partial charge in [0.15, 0.2) is 5.78 Å². The summed E-state index contributed by atoms with van der Waals surface area (Å²) in [6.45, 7) is 1.98. The van der Waals surface area contributed by atoms with Gasteiger partial charge in [0.2, 0.25) is 0 Å². The van der Waals surface area contributed by atoms with Gasteiger partial charge < -0.3 is 0 Å². The Kier molecular flexibility index (Phi) is 3.81.